The Balaban J connectivity index is 2.00. The zero-order chi connectivity index (χ0) is 17.1. The average molecular weight is 341 g/mol. The summed E-state index contributed by atoms with van der Waals surface area (Å²) < 4.78 is 1.51. The number of fused-ring (bicyclic) bond motifs is 4. The standard InChI is InChI=1S/C18H18N2O3S/c1-3-18(2)8-10-6-4-5-7-11(10)14-13(18)15(21)20-9-12(16(22)23)24-17(20)19-14/h4-7,12H,3,8-9H2,1-2H3,(H,22,23)/p-1/t12-,18-/m1/s1. The van der Waals surface area contributed by atoms with E-state index in [-0.39, 0.29) is 17.5 Å². The van der Waals surface area contributed by atoms with Crippen LogP contribution < -0.4 is 10.7 Å². The minimum absolute atomic E-state index is 0.106. The van der Waals surface area contributed by atoms with E-state index in [9.17, 15) is 14.7 Å². The van der Waals surface area contributed by atoms with E-state index in [0.717, 1.165) is 30.2 Å². The molecular weight excluding hydrogens is 324 g/mol. The van der Waals surface area contributed by atoms with Gasteiger partial charge in [-0.15, -0.1) is 0 Å². The van der Waals surface area contributed by atoms with Crippen molar-refractivity contribution in [3.8, 4) is 11.3 Å². The van der Waals surface area contributed by atoms with Gasteiger partial charge in [0.15, 0.2) is 5.16 Å². The fraction of sp³-hybridized carbons (Fsp3) is 0.389. The van der Waals surface area contributed by atoms with Crippen LogP contribution in [0.3, 0.4) is 0 Å². The topological polar surface area (TPSA) is 75.0 Å². The lowest BCUT2D eigenvalue weighted by Crippen LogP contribution is -2.40. The summed E-state index contributed by atoms with van der Waals surface area (Å²) in [7, 11) is 0. The maximum Gasteiger partial charge on any atom is 0.258 e. The van der Waals surface area contributed by atoms with Crippen LogP contribution in [0.15, 0.2) is 34.2 Å². The van der Waals surface area contributed by atoms with Crippen LogP contribution in [0.5, 0.6) is 0 Å². The van der Waals surface area contributed by atoms with Gasteiger partial charge in [0.2, 0.25) is 0 Å². The first-order valence-electron chi connectivity index (χ1n) is 8.05. The molecule has 0 N–H and O–H groups in total. The van der Waals surface area contributed by atoms with Crippen molar-refractivity contribution in [1.82, 2.24) is 9.55 Å². The fourth-order valence-electron chi connectivity index (χ4n) is 3.69. The number of carbonyl (C=O) groups excluding carboxylic acids is 1. The Bertz CT molecular complexity index is 921. The van der Waals surface area contributed by atoms with Gasteiger partial charge in [0.25, 0.3) is 5.56 Å². The third-order valence-corrected chi connectivity index (χ3v) is 6.38. The molecule has 1 aromatic heterocycles. The van der Waals surface area contributed by atoms with Crippen LogP contribution in [-0.4, -0.2) is 20.8 Å². The number of hydrogen-bond donors (Lipinski definition) is 0. The number of nitrogens with zero attached hydrogens (tertiary/aromatic N) is 2. The van der Waals surface area contributed by atoms with Crippen molar-refractivity contribution in [1.29, 1.82) is 0 Å². The van der Waals surface area contributed by atoms with Crippen LogP contribution in [0, 0.1) is 0 Å². The lowest BCUT2D eigenvalue weighted by Gasteiger charge is -2.35. The first kappa shape index (κ1) is 15.4. The molecule has 0 saturated heterocycles. The SMILES string of the molecule is CC[C@]1(C)Cc2ccccc2-c2nc3n(c(=O)c21)C[C@H](C(=O)[O-])S3. The van der Waals surface area contributed by atoms with Crippen molar-refractivity contribution in [2.45, 2.75) is 49.1 Å². The van der Waals surface area contributed by atoms with Crippen LogP contribution in [0.1, 0.15) is 31.4 Å². The van der Waals surface area contributed by atoms with Gasteiger partial charge in [-0.05, 0) is 18.4 Å². The molecule has 2 atom stereocenters. The quantitative estimate of drug-likeness (QED) is 0.771. The highest BCUT2D eigenvalue weighted by atomic mass is 32.2. The number of hydrogen-bond acceptors (Lipinski definition) is 5. The van der Waals surface area contributed by atoms with E-state index in [2.05, 4.69) is 19.9 Å². The van der Waals surface area contributed by atoms with Crippen molar-refractivity contribution < 1.29 is 9.90 Å². The fourth-order valence-corrected chi connectivity index (χ4v) is 4.70. The van der Waals surface area contributed by atoms with Crippen molar-refractivity contribution in [3.05, 3.63) is 45.7 Å². The Morgan fingerprint density at radius 2 is 2.21 bits per heavy atom. The molecule has 124 valence electrons. The molecule has 1 aromatic carbocycles. The average Bonchev–Trinajstić information content (AvgIpc) is 3.00. The smallest absolute Gasteiger partial charge is 0.258 e. The summed E-state index contributed by atoms with van der Waals surface area (Å²) in [5, 5.41) is 10.9. The zero-order valence-electron chi connectivity index (χ0n) is 13.5. The molecule has 5 nitrogen and oxygen atoms in total. The summed E-state index contributed by atoms with van der Waals surface area (Å²) in [6.45, 7) is 4.30. The molecule has 0 fully saturated rings. The molecule has 24 heavy (non-hydrogen) atoms. The van der Waals surface area contributed by atoms with E-state index in [0.29, 0.717) is 16.4 Å². The summed E-state index contributed by atoms with van der Waals surface area (Å²) in [6, 6.07) is 8.01. The Labute approximate surface area is 143 Å². The molecule has 1 aliphatic carbocycles. The van der Waals surface area contributed by atoms with E-state index in [1.54, 1.807) is 0 Å². The number of thioether (sulfide) groups is 1. The van der Waals surface area contributed by atoms with Gasteiger partial charge in [0, 0.05) is 17.5 Å². The first-order chi connectivity index (χ1) is 11.4. The summed E-state index contributed by atoms with van der Waals surface area (Å²) >= 11 is 1.10. The van der Waals surface area contributed by atoms with Crippen LogP contribution in [0.4, 0.5) is 0 Å². The number of aliphatic carboxylic acids is 1. The number of rotatable bonds is 2. The highest BCUT2D eigenvalue weighted by molar-refractivity contribution is 8.00. The zero-order valence-corrected chi connectivity index (χ0v) is 14.4. The van der Waals surface area contributed by atoms with Crippen molar-refractivity contribution in [2.24, 2.45) is 0 Å². The molecule has 2 aromatic rings. The van der Waals surface area contributed by atoms with E-state index < -0.39 is 11.2 Å². The second-order valence-corrected chi connectivity index (χ2v) is 7.88. The summed E-state index contributed by atoms with van der Waals surface area (Å²) in [5.74, 6) is -1.15. The Kier molecular flexibility index (Phi) is 3.35. The van der Waals surface area contributed by atoms with Crippen molar-refractivity contribution in [2.75, 3.05) is 0 Å². The third kappa shape index (κ3) is 2.05. The molecule has 0 bridgehead atoms. The van der Waals surface area contributed by atoms with Gasteiger partial charge in [-0.2, -0.15) is 0 Å². The largest absolute Gasteiger partial charge is 0.549 e. The Morgan fingerprint density at radius 1 is 1.46 bits per heavy atom. The van der Waals surface area contributed by atoms with Gasteiger partial charge in [0.1, 0.15) is 0 Å². The number of aromatic nitrogens is 2. The van der Waals surface area contributed by atoms with Gasteiger partial charge in [-0.25, -0.2) is 4.98 Å². The van der Waals surface area contributed by atoms with Gasteiger partial charge in [-0.3, -0.25) is 9.36 Å². The van der Waals surface area contributed by atoms with Crippen LogP contribution in [0.2, 0.25) is 0 Å². The van der Waals surface area contributed by atoms with Gasteiger partial charge >= 0.3 is 0 Å². The summed E-state index contributed by atoms with van der Waals surface area (Å²) in [4.78, 5) is 29.1. The maximum absolute atomic E-state index is 13.2. The van der Waals surface area contributed by atoms with E-state index in [1.807, 2.05) is 18.2 Å². The maximum atomic E-state index is 13.2. The molecule has 0 spiro atoms. The van der Waals surface area contributed by atoms with Crippen LogP contribution >= 0.6 is 11.8 Å². The molecule has 0 unspecified atom stereocenters. The normalized spacial score (nSPS) is 24.2. The molecule has 6 heteroatoms. The lowest BCUT2D eigenvalue weighted by atomic mass is 9.69. The van der Waals surface area contributed by atoms with Crippen molar-refractivity contribution >= 4 is 17.7 Å². The van der Waals surface area contributed by atoms with E-state index in [1.165, 1.54) is 10.1 Å². The molecule has 2 heterocycles. The summed E-state index contributed by atoms with van der Waals surface area (Å²) in [6.07, 6.45) is 1.61. The Hall–Kier alpha value is -2.08. The molecule has 2 aliphatic rings. The van der Waals surface area contributed by atoms with Crippen LogP contribution in [-0.2, 0) is 23.2 Å². The lowest BCUT2D eigenvalue weighted by molar-refractivity contribution is -0.304. The first-order valence-corrected chi connectivity index (χ1v) is 8.93. The molecule has 0 amide bonds. The highest BCUT2D eigenvalue weighted by Gasteiger charge is 2.39. The number of benzene rings is 1. The summed E-state index contributed by atoms with van der Waals surface area (Å²) in [5.41, 5.74) is 3.20. The number of carboxylic acid groups (broad SMARTS) is 1. The van der Waals surface area contributed by atoms with Crippen LogP contribution in [0.25, 0.3) is 11.3 Å². The molecule has 0 radical (unpaired) electrons. The molecule has 1 aliphatic heterocycles. The predicted molar refractivity (Wildman–Crippen MR) is 89.9 cm³/mol. The molecule has 0 saturated carbocycles. The van der Waals surface area contributed by atoms with Crippen molar-refractivity contribution in [3.63, 3.8) is 0 Å². The highest BCUT2D eigenvalue weighted by Crippen LogP contribution is 2.43. The van der Waals surface area contributed by atoms with Gasteiger partial charge in [0.05, 0.1) is 22.5 Å². The monoisotopic (exact) mass is 341 g/mol. The van der Waals surface area contributed by atoms with E-state index in [4.69, 9.17) is 4.98 Å². The number of carboxylic acids is 1. The van der Waals surface area contributed by atoms with E-state index >= 15 is 0 Å². The van der Waals surface area contributed by atoms with Gasteiger partial charge in [-0.1, -0.05) is 49.9 Å². The minimum atomic E-state index is -1.15. The second kappa shape index (κ2) is 5.21. The molecule has 4 rings (SSSR count). The van der Waals surface area contributed by atoms with Gasteiger partial charge < -0.3 is 9.90 Å². The number of carbonyl (C=O) groups is 1. The third-order valence-electron chi connectivity index (χ3n) is 5.23. The predicted octanol–water partition coefficient (Wildman–Crippen LogP) is 1.36. The Morgan fingerprint density at radius 3 is 2.92 bits per heavy atom. The minimum Gasteiger partial charge on any atom is -0.549 e. The second-order valence-electron chi connectivity index (χ2n) is 6.71. The molecular formula is C18H17N2O3S-.